The Morgan fingerprint density at radius 3 is 1.80 bits per heavy atom. The largest absolute Gasteiger partial charge is 0.508 e. The van der Waals surface area contributed by atoms with E-state index in [0.29, 0.717) is 5.56 Å². The van der Waals surface area contributed by atoms with Gasteiger partial charge in [0.1, 0.15) is 11.4 Å². The van der Waals surface area contributed by atoms with Gasteiger partial charge in [-0.25, -0.2) is 4.79 Å². The van der Waals surface area contributed by atoms with Crippen molar-refractivity contribution in [3.05, 3.63) is 54.1 Å². The second-order valence-corrected chi connectivity index (χ2v) is 5.63. The number of rotatable bonds is 2. The molecule has 0 aromatic heterocycles. The Kier molecular flexibility index (Phi) is 3.79. The molecule has 104 valence electrons. The lowest BCUT2D eigenvalue weighted by Gasteiger charge is -2.19. The van der Waals surface area contributed by atoms with E-state index in [2.05, 4.69) is 0 Å². The molecule has 2 aromatic rings. The summed E-state index contributed by atoms with van der Waals surface area (Å²) in [5, 5.41) is 9.27. The highest BCUT2D eigenvalue weighted by Gasteiger charge is 2.17. The maximum absolute atomic E-state index is 11.9. The zero-order valence-corrected chi connectivity index (χ0v) is 11.9. The first kappa shape index (κ1) is 14.1. The number of ether oxygens (including phenoxy) is 1. The molecule has 0 amide bonds. The maximum atomic E-state index is 11.9. The van der Waals surface area contributed by atoms with Crippen LogP contribution in [0.5, 0.6) is 5.75 Å². The highest BCUT2D eigenvalue weighted by Crippen LogP contribution is 2.22. The minimum absolute atomic E-state index is 0.235. The van der Waals surface area contributed by atoms with E-state index in [1.54, 1.807) is 24.3 Å². The molecule has 0 bridgehead atoms. The second-order valence-electron chi connectivity index (χ2n) is 5.63. The molecule has 0 unspecified atom stereocenters. The van der Waals surface area contributed by atoms with Gasteiger partial charge in [-0.05, 0) is 56.2 Å². The molecule has 0 saturated heterocycles. The third kappa shape index (κ3) is 3.60. The molecule has 3 heteroatoms. The van der Waals surface area contributed by atoms with E-state index in [1.807, 2.05) is 45.0 Å². The summed E-state index contributed by atoms with van der Waals surface area (Å²) in [5.41, 5.74) is 2.01. The summed E-state index contributed by atoms with van der Waals surface area (Å²) >= 11 is 0. The first-order valence-electron chi connectivity index (χ1n) is 6.48. The van der Waals surface area contributed by atoms with E-state index in [9.17, 15) is 9.90 Å². The quantitative estimate of drug-likeness (QED) is 0.838. The standard InChI is InChI=1S/C17H18O3/c1-17(2,3)20-16(19)14-6-4-12(5-7-14)13-8-10-15(18)11-9-13/h4-11,18H,1-3H3. The van der Waals surface area contributed by atoms with Crippen LogP contribution in [0.4, 0.5) is 0 Å². The Bertz CT molecular complexity index is 590. The third-order valence-electron chi connectivity index (χ3n) is 2.72. The predicted molar refractivity (Wildman–Crippen MR) is 78.7 cm³/mol. The van der Waals surface area contributed by atoms with E-state index in [4.69, 9.17) is 4.74 Å². The summed E-state index contributed by atoms with van der Waals surface area (Å²) < 4.78 is 5.31. The Labute approximate surface area is 118 Å². The monoisotopic (exact) mass is 270 g/mol. The van der Waals surface area contributed by atoms with Crippen molar-refractivity contribution in [2.75, 3.05) is 0 Å². The highest BCUT2D eigenvalue weighted by atomic mass is 16.6. The number of hydrogen-bond acceptors (Lipinski definition) is 3. The van der Waals surface area contributed by atoms with Gasteiger partial charge in [-0.2, -0.15) is 0 Å². The molecule has 0 aliphatic carbocycles. The van der Waals surface area contributed by atoms with Crippen LogP contribution in [0.2, 0.25) is 0 Å². The maximum Gasteiger partial charge on any atom is 0.338 e. The zero-order chi connectivity index (χ0) is 14.8. The fourth-order valence-electron chi connectivity index (χ4n) is 1.79. The van der Waals surface area contributed by atoms with Crippen LogP contribution in [-0.4, -0.2) is 16.7 Å². The average molecular weight is 270 g/mol. The molecule has 0 fully saturated rings. The van der Waals surface area contributed by atoms with E-state index >= 15 is 0 Å². The number of benzene rings is 2. The molecule has 0 heterocycles. The summed E-state index contributed by atoms with van der Waals surface area (Å²) in [6, 6.07) is 14.2. The van der Waals surface area contributed by atoms with Gasteiger partial charge in [0.05, 0.1) is 5.56 Å². The van der Waals surface area contributed by atoms with E-state index in [1.165, 1.54) is 0 Å². The smallest absolute Gasteiger partial charge is 0.338 e. The van der Waals surface area contributed by atoms with Crippen LogP contribution in [0.3, 0.4) is 0 Å². The van der Waals surface area contributed by atoms with E-state index in [-0.39, 0.29) is 11.7 Å². The van der Waals surface area contributed by atoms with Crippen LogP contribution in [0.1, 0.15) is 31.1 Å². The Morgan fingerprint density at radius 1 is 0.900 bits per heavy atom. The lowest BCUT2D eigenvalue weighted by atomic mass is 10.0. The van der Waals surface area contributed by atoms with Gasteiger partial charge in [0, 0.05) is 0 Å². The van der Waals surface area contributed by atoms with Gasteiger partial charge in [-0.15, -0.1) is 0 Å². The first-order chi connectivity index (χ1) is 9.35. The van der Waals surface area contributed by atoms with Crippen LogP contribution in [0, 0.1) is 0 Å². The molecule has 0 atom stereocenters. The third-order valence-corrected chi connectivity index (χ3v) is 2.72. The van der Waals surface area contributed by atoms with Gasteiger partial charge >= 0.3 is 5.97 Å². The summed E-state index contributed by atoms with van der Waals surface area (Å²) in [4.78, 5) is 11.9. The van der Waals surface area contributed by atoms with Crippen molar-refractivity contribution in [2.45, 2.75) is 26.4 Å². The van der Waals surface area contributed by atoms with E-state index < -0.39 is 5.60 Å². The molecular weight excluding hydrogens is 252 g/mol. The van der Waals surface area contributed by atoms with Gasteiger partial charge in [-0.3, -0.25) is 0 Å². The lowest BCUT2D eigenvalue weighted by molar-refractivity contribution is 0.00696. The van der Waals surface area contributed by atoms with E-state index in [0.717, 1.165) is 11.1 Å². The van der Waals surface area contributed by atoms with Crippen molar-refractivity contribution in [3.63, 3.8) is 0 Å². The van der Waals surface area contributed by atoms with Crippen molar-refractivity contribution >= 4 is 5.97 Å². The van der Waals surface area contributed by atoms with Crippen molar-refractivity contribution in [1.29, 1.82) is 0 Å². The van der Waals surface area contributed by atoms with Crippen molar-refractivity contribution in [1.82, 2.24) is 0 Å². The number of carbonyl (C=O) groups is 1. The molecule has 0 saturated carbocycles. The van der Waals surface area contributed by atoms with Gasteiger partial charge in [-0.1, -0.05) is 24.3 Å². The van der Waals surface area contributed by atoms with Crippen LogP contribution in [-0.2, 0) is 4.74 Å². The molecule has 3 nitrogen and oxygen atoms in total. The van der Waals surface area contributed by atoms with Gasteiger partial charge in [0.25, 0.3) is 0 Å². The predicted octanol–water partition coefficient (Wildman–Crippen LogP) is 4.01. The number of carbonyl (C=O) groups excluding carboxylic acids is 1. The van der Waals surface area contributed by atoms with Crippen molar-refractivity contribution in [3.8, 4) is 16.9 Å². The van der Waals surface area contributed by atoms with Gasteiger partial charge < -0.3 is 9.84 Å². The Balaban J connectivity index is 2.18. The van der Waals surface area contributed by atoms with Crippen LogP contribution in [0.15, 0.2) is 48.5 Å². The average Bonchev–Trinajstić information content (AvgIpc) is 2.38. The first-order valence-corrected chi connectivity index (χ1v) is 6.48. The number of phenols is 1. The highest BCUT2D eigenvalue weighted by molar-refractivity contribution is 5.90. The molecule has 0 radical (unpaired) electrons. The topological polar surface area (TPSA) is 46.5 Å². The van der Waals surface area contributed by atoms with Gasteiger partial charge in [0.2, 0.25) is 0 Å². The fourth-order valence-corrected chi connectivity index (χ4v) is 1.79. The SMILES string of the molecule is CC(C)(C)OC(=O)c1ccc(-c2ccc(O)cc2)cc1. The van der Waals surface area contributed by atoms with Crippen LogP contribution < -0.4 is 0 Å². The zero-order valence-electron chi connectivity index (χ0n) is 11.9. The summed E-state index contributed by atoms with van der Waals surface area (Å²) in [6.45, 7) is 5.53. The molecule has 1 N–H and O–H groups in total. The molecule has 0 aliphatic rings. The molecule has 0 aliphatic heterocycles. The Hall–Kier alpha value is -2.29. The molecule has 0 spiro atoms. The van der Waals surface area contributed by atoms with Crippen molar-refractivity contribution in [2.24, 2.45) is 0 Å². The number of esters is 1. The van der Waals surface area contributed by atoms with Crippen LogP contribution >= 0.6 is 0 Å². The number of phenolic OH excluding ortho intramolecular Hbond substituents is 1. The number of aromatic hydroxyl groups is 1. The Morgan fingerprint density at radius 2 is 1.35 bits per heavy atom. The van der Waals surface area contributed by atoms with Gasteiger partial charge in [0.15, 0.2) is 0 Å². The fraction of sp³-hybridized carbons (Fsp3) is 0.235. The van der Waals surface area contributed by atoms with Crippen LogP contribution in [0.25, 0.3) is 11.1 Å². The molecule has 20 heavy (non-hydrogen) atoms. The van der Waals surface area contributed by atoms with Crippen molar-refractivity contribution < 1.29 is 14.6 Å². The second kappa shape index (κ2) is 5.37. The molecule has 2 rings (SSSR count). The summed E-state index contributed by atoms with van der Waals surface area (Å²) in [6.07, 6.45) is 0. The summed E-state index contributed by atoms with van der Waals surface area (Å²) in [5.74, 6) is -0.0890. The minimum Gasteiger partial charge on any atom is -0.508 e. The number of hydrogen-bond donors (Lipinski definition) is 1. The summed E-state index contributed by atoms with van der Waals surface area (Å²) in [7, 11) is 0. The normalized spacial score (nSPS) is 11.2. The molecule has 2 aromatic carbocycles. The minimum atomic E-state index is -0.493. The lowest BCUT2D eigenvalue weighted by Crippen LogP contribution is -2.23. The molecular formula is C17H18O3.